The molecule has 0 saturated heterocycles. The van der Waals surface area contributed by atoms with Gasteiger partial charge in [0.05, 0.1) is 5.56 Å². The number of rotatable bonds is 4. The third-order valence-corrected chi connectivity index (χ3v) is 2.22. The van der Waals surface area contributed by atoms with E-state index in [4.69, 9.17) is 5.73 Å². The quantitative estimate of drug-likeness (QED) is 0.838. The first kappa shape index (κ1) is 17.7. The van der Waals surface area contributed by atoms with E-state index in [9.17, 15) is 22.4 Å². The highest BCUT2D eigenvalue weighted by atomic mass is 35.5. The molecule has 0 aliphatic rings. The van der Waals surface area contributed by atoms with E-state index in [1.54, 1.807) is 0 Å². The Bertz CT molecular complexity index is 437. The summed E-state index contributed by atoms with van der Waals surface area (Å²) in [7, 11) is 0. The highest BCUT2D eigenvalue weighted by molar-refractivity contribution is 5.85. The molecule has 0 aliphatic heterocycles. The van der Waals surface area contributed by atoms with Crippen molar-refractivity contribution in [2.24, 2.45) is 5.73 Å². The third-order valence-electron chi connectivity index (χ3n) is 2.22. The molecule has 3 N–H and O–H groups in total. The minimum atomic E-state index is -4.66. The molecule has 0 heterocycles. The zero-order valence-corrected chi connectivity index (χ0v) is 10.6. The van der Waals surface area contributed by atoms with E-state index in [2.05, 4.69) is 5.32 Å². The molecule has 1 rings (SSSR count). The Balaban J connectivity index is 0.00000324. The van der Waals surface area contributed by atoms with Gasteiger partial charge in [0.2, 0.25) is 5.91 Å². The maximum absolute atomic E-state index is 12.8. The lowest BCUT2D eigenvalue weighted by Gasteiger charge is -2.13. The summed E-state index contributed by atoms with van der Waals surface area (Å²) in [4.78, 5) is 11.1. The first-order chi connectivity index (χ1) is 8.34. The largest absolute Gasteiger partial charge is 0.416 e. The minimum absolute atomic E-state index is 0. The summed E-state index contributed by atoms with van der Waals surface area (Å²) in [5, 5.41) is 2.29. The third kappa shape index (κ3) is 5.44. The van der Waals surface area contributed by atoms with Crippen LogP contribution in [-0.4, -0.2) is 12.5 Å². The number of nitrogens with two attached hydrogens (primary N) is 1. The van der Waals surface area contributed by atoms with E-state index in [-0.39, 0.29) is 37.5 Å². The summed E-state index contributed by atoms with van der Waals surface area (Å²) < 4.78 is 50.6. The van der Waals surface area contributed by atoms with Gasteiger partial charge in [0.1, 0.15) is 5.82 Å². The molecule has 8 heteroatoms. The fraction of sp³-hybridized carbons (Fsp3) is 0.364. The maximum Gasteiger partial charge on any atom is 0.416 e. The van der Waals surface area contributed by atoms with Crippen LogP contribution in [0.4, 0.5) is 17.6 Å². The number of hydrogen-bond donors (Lipinski definition) is 2. The number of carbonyl (C=O) groups is 1. The van der Waals surface area contributed by atoms with Crippen LogP contribution in [0.5, 0.6) is 0 Å². The SMILES string of the molecule is Cl.NCCC(=O)NCc1ccc(F)cc1C(F)(F)F. The van der Waals surface area contributed by atoms with Crippen molar-refractivity contribution in [1.82, 2.24) is 5.32 Å². The van der Waals surface area contributed by atoms with Gasteiger partial charge in [-0.3, -0.25) is 4.79 Å². The van der Waals surface area contributed by atoms with Gasteiger partial charge in [0, 0.05) is 19.5 Å². The van der Waals surface area contributed by atoms with Crippen LogP contribution in [0.3, 0.4) is 0 Å². The van der Waals surface area contributed by atoms with Crippen LogP contribution in [0.1, 0.15) is 17.5 Å². The summed E-state index contributed by atoms with van der Waals surface area (Å²) in [6.07, 6.45) is -4.63. The number of benzene rings is 1. The number of nitrogens with one attached hydrogen (secondary N) is 1. The van der Waals surface area contributed by atoms with E-state index in [0.717, 1.165) is 12.1 Å². The normalized spacial score (nSPS) is 10.8. The number of halogens is 5. The van der Waals surface area contributed by atoms with Gasteiger partial charge in [0.15, 0.2) is 0 Å². The van der Waals surface area contributed by atoms with Crippen molar-refractivity contribution in [3.8, 4) is 0 Å². The lowest BCUT2D eigenvalue weighted by atomic mass is 10.1. The number of amides is 1. The highest BCUT2D eigenvalue weighted by Crippen LogP contribution is 2.32. The van der Waals surface area contributed by atoms with Crippen molar-refractivity contribution < 1.29 is 22.4 Å². The summed E-state index contributed by atoms with van der Waals surface area (Å²) in [5.41, 5.74) is 3.85. The number of hydrogen-bond acceptors (Lipinski definition) is 2. The van der Waals surface area contributed by atoms with Gasteiger partial charge in [-0.25, -0.2) is 4.39 Å². The van der Waals surface area contributed by atoms with Crippen LogP contribution in [0.25, 0.3) is 0 Å². The van der Waals surface area contributed by atoms with Gasteiger partial charge in [0.25, 0.3) is 0 Å². The maximum atomic E-state index is 12.8. The molecule has 0 fully saturated rings. The van der Waals surface area contributed by atoms with E-state index >= 15 is 0 Å². The van der Waals surface area contributed by atoms with Crippen LogP contribution >= 0.6 is 12.4 Å². The Kier molecular flexibility index (Phi) is 6.78. The van der Waals surface area contributed by atoms with Crippen LogP contribution in [-0.2, 0) is 17.5 Å². The second kappa shape index (κ2) is 7.30. The van der Waals surface area contributed by atoms with Gasteiger partial charge in [-0.15, -0.1) is 12.4 Å². The van der Waals surface area contributed by atoms with Crippen molar-refractivity contribution in [2.45, 2.75) is 19.1 Å². The first-order valence-electron chi connectivity index (χ1n) is 5.17. The van der Waals surface area contributed by atoms with Crippen molar-refractivity contribution in [3.05, 3.63) is 35.1 Å². The average Bonchev–Trinajstić information content (AvgIpc) is 2.26. The zero-order chi connectivity index (χ0) is 13.8. The monoisotopic (exact) mass is 300 g/mol. The van der Waals surface area contributed by atoms with Gasteiger partial charge in [-0.2, -0.15) is 13.2 Å². The average molecular weight is 301 g/mol. The molecule has 0 spiro atoms. The Morgan fingerprint density at radius 1 is 1.32 bits per heavy atom. The molecule has 1 aromatic rings. The molecular weight excluding hydrogens is 288 g/mol. The summed E-state index contributed by atoms with van der Waals surface area (Å²) in [5.74, 6) is -1.42. The molecular formula is C11H13ClF4N2O. The summed E-state index contributed by atoms with van der Waals surface area (Å²) >= 11 is 0. The van der Waals surface area contributed by atoms with Crippen LogP contribution in [0, 0.1) is 5.82 Å². The molecule has 3 nitrogen and oxygen atoms in total. The predicted molar refractivity (Wildman–Crippen MR) is 64.2 cm³/mol. The number of alkyl halides is 3. The van der Waals surface area contributed by atoms with Gasteiger partial charge >= 0.3 is 6.18 Å². The fourth-order valence-electron chi connectivity index (χ4n) is 1.38. The molecule has 0 bridgehead atoms. The second-order valence-electron chi connectivity index (χ2n) is 3.61. The molecule has 108 valence electrons. The Morgan fingerprint density at radius 2 is 1.95 bits per heavy atom. The molecule has 1 aromatic carbocycles. The van der Waals surface area contributed by atoms with Crippen LogP contribution < -0.4 is 11.1 Å². The Labute approximate surface area is 113 Å². The zero-order valence-electron chi connectivity index (χ0n) is 9.76. The van der Waals surface area contributed by atoms with E-state index < -0.39 is 23.5 Å². The minimum Gasteiger partial charge on any atom is -0.352 e. The summed E-state index contributed by atoms with van der Waals surface area (Å²) in [6.45, 7) is -0.199. The first-order valence-corrected chi connectivity index (χ1v) is 5.17. The lowest BCUT2D eigenvalue weighted by Crippen LogP contribution is -2.26. The predicted octanol–water partition coefficient (Wildman–Crippen LogP) is 2.23. The fourth-order valence-corrected chi connectivity index (χ4v) is 1.38. The second-order valence-corrected chi connectivity index (χ2v) is 3.61. The molecule has 1 amide bonds. The molecule has 0 aromatic heterocycles. The van der Waals surface area contributed by atoms with Crippen LogP contribution in [0.2, 0.25) is 0 Å². The van der Waals surface area contributed by atoms with Crippen molar-refractivity contribution in [1.29, 1.82) is 0 Å². The molecule has 0 atom stereocenters. The van der Waals surface area contributed by atoms with Gasteiger partial charge < -0.3 is 11.1 Å². The van der Waals surface area contributed by atoms with Crippen molar-refractivity contribution in [2.75, 3.05) is 6.54 Å². The molecule has 0 radical (unpaired) electrons. The lowest BCUT2D eigenvalue weighted by molar-refractivity contribution is -0.138. The van der Waals surface area contributed by atoms with Crippen molar-refractivity contribution >= 4 is 18.3 Å². The topological polar surface area (TPSA) is 55.1 Å². The highest BCUT2D eigenvalue weighted by Gasteiger charge is 2.33. The number of carbonyl (C=O) groups excluding carboxylic acids is 1. The standard InChI is InChI=1S/C11H12F4N2O.ClH/c12-8-2-1-7(6-17-10(18)3-4-16)9(5-8)11(13,14)15;/h1-2,5H,3-4,6,16H2,(H,17,18);1H. The molecule has 0 aliphatic carbocycles. The molecule has 0 unspecified atom stereocenters. The van der Waals surface area contributed by atoms with Crippen LogP contribution in [0.15, 0.2) is 18.2 Å². The Morgan fingerprint density at radius 3 is 2.47 bits per heavy atom. The van der Waals surface area contributed by atoms with E-state index in [1.165, 1.54) is 0 Å². The summed E-state index contributed by atoms with van der Waals surface area (Å²) in [6, 6.07) is 2.32. The molecule has 0 saturated carbocycles. The van der Waals surface area contributed by atoms with E-state index in [1.807, 2.05) is 0 Å². The van der Waals surface area contributed by atoms with Gasteiger partial charge in [-0.1, -0.05) is 6.07 Å². The smallest absolute Gasteiger partial charge is 0.352 e. The Hall–Kier alpha value is -1.34. The van der Waals surface area contributed by atoms with Gasteiger partial charge in [-0.05, 0) is 17.7 Å². The van der Waals surface area contributed by atoms with E-state index in [0.29, 0.717) is 6.07 Å². The van der Waals surface area contributed by atoms with Crippen molar-refractivity contribution in [3.63, 3.8) is 0 Å². The molecule has 19 heavy (non-hydrogen) atoms.